The first-order valence-electron chi connectivity index (χ1n) is 11.3. The van der Waals surface area contributed by atoms with Crippen LogP contribution in [0.3, 0.4) is 0 Å². The molecule has 2 rings (SSSR count). The van der Waals surface area contributed by atoms with Crippen molar-refractivity contribution in [3.05, 3.63) is 29.3 Å². The van der Waals surface area contributed by atoms with Crippen molar-refractivity contribution in [3.8, 4) is 5.75 Å². The van der Waals surface area contributed by atoms with Gasteiger partial charge in [0.1, 0.15) is 18.1 Å². The zero-order valence-electron chi connectivity index (χ0n) is 20.2. The lowest BCUT2D eigenvalue weighted by molar-refractivity contribution is -0.131. The van der Waals surface area contributed by atoms with E-state index in [1.165, 1.54) is 25.2 Å². The molecule has 4 amide bonds. The molecule has 4 N–H and O–H groups in total. The van der Waals surface area contributed by atoms with Gasteiger partial charge in [-0.05, 0) is 36.8 Å². The SMILES string of the molecule is CNC(=O)[C@H](CC(C)C)NC(=O)C(CC(C)C)CP(=O)(O)CN1C(=O)c2cccc(O)c2C1=O. The Morgan fingerprint density at radius 2 is 1.65 bits per heavy atom. The van der Waals surface area contributed by atoms with Gasteiger partial charge in [-0.1, -0.05) is 33.8 Å². The second-order valence-corrected chi connectivity index (χ2v) is 11.9. The lowest BCUT2D eigenvalue weighted by Gasteiger charge is -2.26. The van der Waals surface area contributed by atoms with Gasteiger partial charge in [0.05, 0.1) is 11.1 Å². The molecule has 1 aliphatic rings. The van der Waals surface area contributed by atoms with E-state index in [1.54, 1.807) is 0 Å². The Kier molecular flexibility index (Phi) is 9.02. The number of likely N-dealkylation sites (N-methyl/N-ethyl adjacent to an activating group) is 1. The Hall–Kier alpha value is -2.71. The summed E-state index contributed by atoms with van der Waals surface area (Å²) in [4.78, 5) is 61.9. The fourth-order valence-electron chi connectivity index (χ4n) is 4.07. The van der Waals surface area contributed by atoms with Crippen molar-refractivity contribution < 1.29 is 33.7 Å². The fraction of sp³-hybridized carbons (Fsp3) is 0.565. The van der Waals surface area contributed by atoms with E-state index in [4.69, 9.17) is 0 Å². The van der Waals surface area contributed by atoms with Crippen LogP contribution in [0, 0.1) is 17.8 Å². The van der Waals surface area contributed by atoms with Crippen LogP contribution in [0.15, 0.2) is 18.2 Å². The summed E-state index contributed by atoms with van der Waals surface area (Å²) in [5, 5.41) is 15.2. The molecule has 1 heterocycles. The van der Waals surface area contributed by atoms with Crippen LogP contribution in [0.25, 0.3) is 0 Å². The third kappa shape index (κ3) is 6.67. The number of imide groups is 1. The minimum absolute atomic E-state index is 0.00977. The molecule has 10 nitrogen and oxygen atoms in total. The number of phenols is 1. The predicted molar refractivity (Wildman–Crippen MR) is 127 cm³/mol. The summed E-state index contributed by atoms with van der Waals surface area (Å²) in [6, 6.07) is 3.24. The highest BCUT2D eigenvalue weighted by molar-refractivity contribution is 7.58. The highest BCUT2D eigenvalue weighted by Crippen LogP contribution is 2.46. The van der Waals surface area contributed by atoms with Crippen LogP contribution >= 0.6 is 7.37 Å². The minimum Gasteiger partial charge on any atom is -0.507 e. The third-order valence-electron chi connectivity index (χ3n) is 5.56. The van der Waals surface area contributed by atoms with Gasteiger partial charge >= 0.3 is 0 Å². The standard InChI is InChI=1S/C23H34N3O7P/c1-13(2)9-15(20(28)25-17(10-14(3)4)21(29)24-5)11-34(32,33)12-26-22(30)16-7-6-8-18(27)19(16)23(26)31/h6-8,13-15,17,27H,9-12H2,1-5H3,(H,24,29)(H,25,28)(H,32,33)/t15?,17-/m0/s1. The largest absolute Gasteiger partial charge is 0.507 e. The van der Waals surface area contributed by atoms with Crippen LogP contribution in [-0.4, -0.2) is 64.1 Å². The first kappa shape index (κ1) is 27.5. The predicted octanol–water partition coefficient (Wildman–Crippen LogP) is 2.16. The number of hydrogen-bond acceptors (Lipinski definition) is 6. The summed E-state index contributed by atoms with van der Waals surface area (Å²) in [5.41, 5.74) is -0.241. The number of benzene rings is 1. The topological polar surface area (TPSA) is 153 Å². The van der Waals surface area contributed by atoms with Crippen LogP contribution < -0.4 is 10.6 Å². The first-order valence-corrected chi connectivity index (χ1v) is 13.3. The lowest BCUT2D eigenvalue weighted by Crippen LogP contribution is -2.49. The van der Waals surface area contributed by atoms with Gasteiger partial charge in [0, 0.05) is 19.1 Å². The summed E-state index contributed by atoms with van der Waals surface area (Å²) in [7, 11) is -2.72. The van der Waals surface area contributed by atoms with E-state index in [-0.39, 0.29) is 41.0 Å². The molecule has 2 unspecified atom stereocenters. The second kappa shape index (κ2) is 11.1. The van der Waals surface area contributed by atoms with Gasteiger partial charge < -0.3 is 20.6 Å². The molecule has 11 heteroatoms. The molecule has 0 spiro atoms. The molecule has 3 atom stereocenters. The average molecular weight is 496 g/mol. The molecule has 1 aliphatic heterocycles. The van der Waals surface area contributed by atoms with E-state index in [2.05, 4.69) is 10.6 Å². The second-order valence-electron chi connectivity index (χ2n) is 9.54. The van der Waals surface area contributed by atoms with Gasteiger partial charge in [0.25, 0.3) is 11.8 Å². The molecule has 0 fully saturated rings. The number of hydrogen-bond donors (Lipinski definition) is 4. The molecule has 0 radical (unpaired) electrons. The molecule has 0 bridgehead atoms. The maximum Gasteiger partial charge on any atom is 0.265 e. The van der Waals surface area contributed by atoms with Crippen molar-refractivity contribution in [2.24, 2.45) is 17.8 Å². The van der Waals surface area contributed by atoms with E-state index in [9.17, 15) is 33.7 Å². The van der Waals surface area contributed by atoms with Crippen molar-refractivity contribution in [3.63, 3.8) is 0 Å². The van der Waals surface area contributed by atoms with Crippen LogP contribution in [0.1, 0.15) is 61.3 Å². The average Bonchev–Trinajstić information content (AvgIpc) is 2.96. The van der Waals surface area contributed by atoms with Gasteiger partial charge in [-0.2, -0.15) is 0 Å². The fourth-order valence-corrected chi connectivity index (χ4v) is 5.89. The number of fused-ring (bicyclic) bond motifs is 1. The molecule has 188 valence electrons. The first-order chi connectivity index (χ1) is 15.8. The number of carbonyl (C=O) groups is 4. The van der Waals surface area contributed by atoms with Crippen LogP contribution in [0.5, 0.6) is 5.75 Å². The van der Waals surface area contributed by atoms with Crippen molar-refractivity contribution in [2.45, 2.75) is 46.6 Å². The van der Waals surface area contributed by atoms with Gasteiger partial charge in [-0.3, -0.25) is 28.6 Å². The lowest BCUT2D eigenvalue weighted by atomic mass is 9.96. The maximum absolute atomic E-state index is 13.1. The molecule has 0 aliphatic carbocycles. The summed E-state index contributed by atoms with van der Waals surface area (Å²) in [6.07, 6.45) is -0.555. The molecule has 0 saturated heterocycles. The number of rotatable bonds is 11. The maximum atomic E-state index is 13.1. The zero-order valence-corrected chi connectivity index (χ0v) is 21.1. The van der Waals surface area contributed by atoms with Crippen molar-refractivity contribution in [2.75, 3.05) is 19.5 Å². The number of phenolic OH excluding ortho intramolecular Hbond substituents is 1. The molecule has 0 saturated carbocycles. The number of aromatic hydroxyl groups is 1. The quantitative estimate of drug-likeness (QED) is 0.271. The van der Waals surface area contributed by atoms with Crippen LogP contribution in [0.4, 0.5) is 0 Å². The smallest absolute Gasteiger partial charge is 0.265 e. The monoisotopic (exact) mass is 495 g/mol. The molecular formula is C23H34N3O7P. The van der Waals surface area contributed by atoms with Crippen LogP contribution in [0.2, 0.25) is 0 Å². The summed E-state index contributed by atoms with van der Waals surface area (Å²) >= 11 is 0. The number of carbonyl (C=O) groups excluding carboxylic acids is 4. The highest BCUT2D eigenvalue weighted by atomic mass is 31.2. The van der Waals surface area contributed by atoms with Gasteiger partial charge in [0.15, 0.2) is 0 Å². The highest BCUT2D eigenvalue weighted by Gasteiger charge is 2.42. The van der Waals surface area contributed by atoms with Gasteiger partial charge in [0.2, 0.25) is 19.2 Å². The van der Waals surface area contributed by atoms with Gasteiger partial charge in [-0.15, -0.1) is 0 Å². The summed E-state index contributed by atoms with van der Waals surface area (Å²) < 4.78 is 13.1. The van der Waals surface area contributed by atoms with E-state index < -0.39 is 49.5 Å². The Morgan fingerprint density at radius 1 is 1.03 bits per heavy atom. The molecule has 34 heavy (non-hydrogen) atoms. The molecular weight excluding hydrogens is 461 g/mol. The van der Waals surface area contributed by atoms with E-state index in [0.717, 1.165) is 0 Å². The van der Waals surface area contributed by atoms with Gasteiger partial charge in [-0.25, -0.2) is 0 Å². The zero-order chi connectivity index (χ0) is 25.8. The Bertz CT molecular complexity index is 1010. The van der Waals surface area contributed by atoms with E-state index in [1.807, 2.05) is 27.7 Å². The Labute approximate surface area is 199 Å². The number of nitrogens with zero attached hydrogens (tertiary/aromatic N) is 1. The Balaban J connectivity index is 2.20. The molecule has 0 aromatic heterocycles. The van der Waals surface area contributed by atoms with Crippen molar-refractivity contribution in [1.29, 1.82) is 0 Å². The summed E-state index contributed by atoms with van der Waals surface area (Å²) in [5.74, 6) is -3.66. The van der Waals surface area contributed by atoms with Crippen LogP contribution in [-0.2, 0) is 14.2 Å². The van der Waals surface area contributed by atoms with E-state index >= 15 is 0 Å². The molecule has 1 aromatic carbocycles. The molecule has 1 aromatic rings. The number of amides is 4. The summed E-state index contributed by atoms with van der Waals surface area (Å²) in [6.45, 7) is 7.55. The normalized spacial score (nSPS) is 16.9. The van der Waals surface area contributed by atoms with E-state index in [0.29, 0.717) is 11.3 Å². The third-order valence-corrected chi connectivity index (χ3v) is 7.29. The number of nitrogens with one attached hydrogen (secondary N) is 2. The van der Waals surface area contributed by atoms with Crippen molar-refractivity contribution >= 4 is 31.0 Å². The van der Waals surface area contributed by atoms with Crippen molar-refractivity contribution in [1.82, 2.24) is 15.5 Å². The minimum atomic E-state index is -4.19. The Morgan fingerprint density at radius 3 is 2.18 bits per heavy atom.